The fourth-order valence-electron chi connectivity index (χ4n) is 2.57. The van der Waals surface area contributed by atoms with Gasteiger partial charge in [0.1, 0.15) is 10.8 Å². The number of nitrogens with one attached hydrogen (secondary N) is 1. The van der Waals surface area contributed by atoms with Gasteiger partial charge in [0, 0.05) is 17.8 Å². The Bertz CT molecular complexity index is 962. The normalized spacial score (nSPS) is 10.8. The average Bonchev–Trinajstić information content (AvgIpc) is 3.04. The third kappa shape index (κ3) is 3.09. The van der Waals surface area contributed by atoms with Crippen molar-refractivity contribution >= 4 is 27.2 Å². The van der Waals surface area contributed by atoms with Gasteiger partial charge in [-0.25, -0.2) is 4.98 Å². The molecule has 0 saturated carbocycles. The molecule has 0 spiro atoms. The zero-order chi connectivity index (χ0) is 16.4. The first-order valence-corrected chi connectivity index (χ1v) is 8.57. The maximum atomic E-state index is 9.57. The monoisotopic (exact) mass is 332 g/mol. The quantitative estimate of drug-likeness (QED) is 0.534. The molecule has 0 aliphatic carbocycles. The number of phenolic OH excluding ortho intramolecular Hbond substituents is 1. The van der Waals surface area contributed by atoms with Gasteiger partial charge in [-0.2, -0.15) is 0 Å². The highest BCUT2D eigenvalue weighted by atomic mass is 32.1. The molecule has 4 heteroatoms. The van der Waals surface area contributed by atoms with Crippen LogP contribution in [-0.4, -0.2) is 10.1 Å². The van der Waals surface area contributed by atoms with Crippen molar-refractivity contribution in [3.63, 3.8) is 0 Å². The van der Waals surface area contributed by atoms with Crippen LogP contribution in [0.1, 0.15) is 5.56 Å². The summed E-state index contributed by atoms with van der Waals surface area (Å²) in [6.07, 6.45) is 0. The molecule has 3 nitrogen and oxygen atoms in total. The molecule has 0 saturated heterocycles. The molecular formula is C20H16N2OS. The summed E-state index contributed by atoms with van der Waals surface area (Å²) in [5, 5.41) is 14.0. The predicted octanol–water partition coefficient (Wildman–Crippen LogP) is 5.28. The molecule has 0 atom stereocenters. The van der Waals surface area contributed by atoms with Crippen LogP contribution in [0, 0.1) is 0 Å². The summed E-state index contributed by atoms with van der Waals surface area (Å²) < 4.78 is 0.997. The molecule has 0 amide bonds. The van der Waals surface area contributed by atoms with Gasteiger partial charge in [0.25, 0.3) is 0 Å². The van der Waals surface area contributed by atoms with E-state index >= 15 is 0 Å². The maximum absolute atomic E-state index is 9.57. The molecule has 24 heavy (non-hydrogen) atoms. The van der Waals surface area contributed by atoms with Crippen molar-refractivity contribution in [1.82, 2.24) is 4.98 Å². The van der Waals surface area contributed by atoms with E-state index in [-0.39, 0.29) is 5.75 Å². The molecule has 0 aliphatic rings. The zero-order valence-electron chi connectivity index (χ0n) is 12.9. The number of hydrogen-bond donors (Lipinski definition) is 2. The molecule has 0 radical (unpaired) electrons. The standard InChI is InChI=1S/C20H16N2OS/c23-17-10-11-18-19(12-17)24-20(22-18)15-6-8-16(9-7-15)21-13-14-4-2-1-3-5-14/h1-12,21,23H,13H2. The predicted molar refractivity (Wildman–Crippen MR) is 100 cm³/mol. The lowest BCUT2D eigenvalue weighted by molar-refractivity contribution is 0.476. The fraction of sp³-hybridized carbons (Fsp3) is 0.0500. The molecule has 118 valence electrons. The average molecular weight is 332 g/mol. The van der Waals surface area contributed by atoms with E-state index < -0.39 is 0 Å². The molecule has 0 aliphatic heterocycles. The summed E-state index contributed by atoms with van der Waals surface area (Å²) in [6.45, 7) is 0.806. The van der Waals surface area contributed by atoms with E-state index in [4.69, 9.17) is 0 Å². The third-order valence-corrected chi connectivity index (χ3v) is 4.91. The minimum absolute atomic E-state index is 0.276. The van der Waals surface area contributed by atoms with Crippen molar-refractivity contribution in [3.05, 3.63) is 78.4 Å². The molecule has 4 rings (SSSR count). The highest BCUT2D eigenvalue weighted by Gasteiger charge is 2.07. The number of benzene rings is 3. The Morgan fingerprint density at radius 1 is 0.917 bits per heavy atom. The summed E-state index contributed by atoms with van der Waals surface area (Å²) in [7, 11) is 0. The van der Waals surface area contributed by atoms with E-state index in [1.165, 1.54) is 5.56 Å². The van der Waals surface area contributed by atoms with Gasteiger partial charge in [0.2, 0.25) is 0 Å². The summed E-state index contributed by atoms with van der Waals surface area (Å²) in [5.74, 6) is 0.276. The van der Waals surface area contributed by atoms with E-state index in [1.54, 1.807) is 23.5 Å². The SMILES string of the molecule is Oc1ccc2nc(-c3ccc(NCc4ccccc4)cc3)sc2c1. The van der Waals surface area contributed by atoms with Crippen LogP contribution in [0.4, 0.5) is 5.69 Å². The first-order valence-electron chi connectivity index (χ1n) is 7.76. The van der Waals surface area contributed by atoms with Crippen LogP contribution in [0.3, 0.4) is 0 Å². The van der Waals surface area contributed by atoms with E-state index in [0.29, 0.717) is 0 Å². The van der Waals surface area contributed by atoms with Gasteiger partial charge in [-0.1, -0.05) is 30.3 Å². The first kappa shape index (κ1) is 14.7. The van der Waals surface area contributed by atoms with Crippen LogP contribution in [0.15, 0.2) is 72.8 Å². The number of anilines is 1. The highest BCUT2D eigenvalue weighted by molar-refractivity contribution is 7.21. The maximum Gasteiger partial charge on any atom is 0.124 e. The van der Waals surface area contributed by atoms with Gasteiger partial charge in [-0.15, -0.1) is 11.3 Å². The minimum atomic E-state index is 0.276. The van der Waals surface area contributed by atoms with Crippen molar-refractivity contribution < 1.29 is 5.11 Å². The molecule has 2 N–H and O–H groups in total. The van der Waals surface area contributed by atoms with Gasteiger partial charge in [0.15, 0.2) is 0 Å². The largest absolute Gasteiger partial charge is 0.508 e. The lowest BCUT2D eigenvalue weighted by atomic mass is 10.2. The molecule has 1 heterocycles. The Balaban J connectivity index is 1.52. The lowest BCUT2D eigenvalue weighted by Crippen LogP contribution is -1.98. The van der Waals surface area contributed by atoms with E-state index in [2.05, 4.69) is 46.7 Å². The first-order chi connectivity index (χ1) is 11.8. The lowest BCUT2D eigenvalue weighted by Gasteiger charge is -2.07. The van der Waals surface area contributed by atoms with Gasteiger partial charge >= 0.3 is 0 Å². The van der Waals surface area contributed by atoms with Crippen molar-refractivity contribution in [2.45, 2.75) is 6.54 Å². The van der Waals surface area contributed by atoms with E-state index in [0.717, 1.165) is 33.0 Å². The Hall–Kier alpha value is -2.85. The Labute approximate surface area is 144 Å². The summed E-state index contributed by atoms with van der Waals surface area (Å²) >= 11 is 1.59. The summed E-state index contributed by atoms with van der Waals surface area (Å²) in [4.78, 5) is 4.63. The van der Waals surface area contributed by atoms with Crippen LogP contribution < -0.4 is 5.32 Å². The van der Waals surface area contributed by atoms with Crippen molar-refractivity contribution in [1.29, 1.82) is 0 Å². The van der Waals surface area contributed by atoms with Crippen LogP contribution in [-0.2, 0) is 6.54 Å². The summed E-state index contributed by atoms with van der Waals surface area (Å²) in [6, 6.07) is 23.9. The minimum Gasteiger partial charge on any atom is -0.508 e. The number of aromatic hydroxyl groups is 1. The molecule has 3 aromatic carbocycles. The number of thiazole rings is 1. The topological polar surface area (TPSA) is 45.2 Å². The van der Waals surface area contributed by atoms with Crippen LogP contribution >= 0.6 is 11.3 Å². The van der Waals surface area contributed by atoms with E-state index in [9.17, 15) is 5.11 Å². The Morgan fingerprint density at radius 3 is 2.50 bits per heavy atom. The van der Waals surface area contributed by atoms with Gasteiger partial charge in [-0.05, 0) is 48.0 Å². The number of fused-ring (bicyclic) bond motifs is 1. The number of rotatable bonds is 4. The van der Waals surface area contributed by atoms with Crippen LogP contribution in [0.2, 0.25) is 0 Å². The molecule has 0 fully saturated rings. The molecule has 0 bridgehead atoms. The molecular weight excluding hydrogens is 316 g/mol. The number of hydrogen-bond acceptors (Lipinski definition) is 4. The van der Waals surface area contributed by atoms with Crippen LogP contribution in [0.25, 0.3) is 20.8 Å². The molecule has 0 unspecified atom stereocenters. The fourth-order valence-corrected chi connectivity index (χ4v) is 3.57. The Kier molecular flexibility index (Phi) is 3.89. The molecule has 4 aromatic rings. The molecule has 1 aromatic heterocycles. The number of nitrogens with zero attached hydrogens (tertiary/aromatic N) is 1. The van der Waals surface area contributed by atoms with Crippen molar-refractivity contribution in [2.75, 3.05) is 5.32 Å². The second kappa shape index (κ2) is 6.34. The van der Waals surface area contributed by atoms with Crippen molar-refractivity contribution in [3.8, 4) is 16.3 Å². The van der Waals surface area contributed by atoms with Crippen LogP contribution in [0.5, 0.6) is 5.75 Å². The number of phenols is 1. The smallest absolute Gasteiger partial charge is 0.124 e. The second-order valence-corrected chi connectivity index (χ2v) is 6.62. The summed E-state index contributed by atoms with van der Waals surface area (Å²) in [5.41, 5.74) is 4.34. The highest BCUT2D eigenvalue weighted by Crippen LogP contribution is 2.32. The van der Waals surface area contributed by atoms with Crippen molar-refractivity contribution in [2.24, 2.45) is 0 Å². The van der Waals surface area contributed by atoms with E-state index in [1.807, 2.05) is 24.3 Å². The Morgan fingerprint density at radius 2 is 1.71 bits per heavy atom. The second-order valence-electron chi connectivity index (χ2n) is 5.59. The zero-order valence-corrected chi connectivity index (χ0v) is 13.8. The van der Waals surface area contributed by atoms with Gasteiger partial charge in [0.05, 0.1) is 10.2 Å². The van der Waals surface area contributed by atoms with Gasteiger partial charge < -0.3 is 10.4 Å². The number of aromatic nitrogens is 1. The third-order valence-electron chi connectivity index (χ3n) is 3.84. The van der Waals surface area contributed by atoms with Gasteiger partial charge in [-0.3, -0.25) is 0 Å².